The number of anilines is 1. The van der Waals surface area contributed by atoms with Gasteiger partial charge in [-0.05, 0) is 42.0 Å². The number of carboxylic acid groups (broad SMARTS) is 1. The summed E-state index contributed by atoms with van der Waals surface area (Å²) in [5.41, 5.74) is 1.89. The summed E-state index contributed by atoms with van der Waals surface area (Å²) in [5.74, 6) is -0.464. The molecule has 0 radical (unpaired) electrons. The van der Waals surface area contributed by atoms with Gasteiger partial charge in [-0.15, -0.1) is 0 Å². The number of nitrogens with one attached hydrogen (secondary N) is 1. The zero-order valence-electron chi connectivity index (χ0n) is 16.2. The molecular weight excluding hydrogens is 384 g/mol. The van der Waals surface area contributed by atoms with E-state index in [4.69, 9.17) is 9.47 Å². The first-order valence-corrected chi connectivity index (χ1v) is 9.08. The van der Waals surface area contributed by atoms with Crippen molar-refractivity contribution in [2.45, 2.75) is 6.61 Å². The summed E-state index contributed by atoms with van der Waals surface area (Å²) in [6, 6.07) is 15.2. The van der Waals surface area contributed by atoms with Gasteiger partial charge in [0.25, 0.3) is 0 Å². The van der Waals surface area contributed by atoms with E-state index in [-0.39, 0.29) is 11.3 Å². The van der Waals surface area contributed by atoms with Crippen molar-refractivity contribution in [3.8, 4) is 11.5 Å². The topological polar surface area (TPSA) is 97.8 Å². The molecule has 1 heterocycles. The van der Waals surface area contributed by atoms with Crippen molar-refractivity contribution in [2.24, 2.45) is 0 Å². The molecule has 1 aromatic heterocycles. The predicted molar refractivity (Wildman–Crippen MR) is 113 cm³/mol. The quantitative estimate of drug-likeness (QED) is 0.551. The Morgan fingerprint density at radius 1 is 1.10 bits per heavy atom. The SMILES string of the molecule is COc1ccc(/C=C/C(=O)Nc2ccccc2C(=O)O)cc1OCc1cccnc1. The fraction of sp³-hybridized carbons (Fsp3) is 0.0870. The number of rotatable bonds is 8. The van der Waals surface area contributed by atoms with E-state index in [9.17, 15) is 14.7 Å². The van der Waals surface area contributed by atoms with Crippen molar-refractivity contribution in [3.63, 3.8) is 0 Å². The number of benzene rings is 2. The molecule has 7 nitrogen and oxygen atoms in total. The Morgan fingerprint density at radius 2 is 1.93 bits per heavy atom. The lowest BCUT2D eigenvalue weighted by atomic mass is 10.1. The summed E-state index contributed by atoms with van der Waals surface area (Å²) < 4.78 is 11.2. The first kappa shape index (κ1) is 20.6. The average Bonchev–Trinajstić information content (AvgIpc) is 2.77. The summed E-state index contributed by atoms with van der Waals surface area (Å²) >= 11 is 0. The molecule has 152 valence electrons. The normalized spacial score (nSPS) is 10.6. The lowest BCUT2D eigenvalue weighted by Crippen LogP contribution is -2.11. The molecule has 7 heteroatoms. The highest BCUT2D eigenvalue weighted by Crippen LogP contribution is 2.29. The van der Waals surface area contributed by atoms with Gasteiger partial charge in [0, 0.05) is 24.0 Å². The molecule has 0 spiro atoms. The molecule has 0 aliphatic heterocycles. The molecule has 0 aliphatic carbocycles. The van der Waals surface area contributed by atoms with Crippen LogP contribution in [0.2, 0.25) is 0 Å². The van der Waals surface area contributed by atoms with Crippen molar-refractivity contribution in [2.75, 3.05) is 12.4 Å². The lowest BCUT2D eigenvalue weighted by Gasteiger charge is -2.11. The second-order valence-corrected chi connectivity index (χ2v) is 6.23. The van der Waals surface area contributed by atoms with E-state index >= 15 is 0 Å². The number of aromatic nitrogens is 1. The lowest BCUT2D eigenvalue weighted by molar-refractivity contribution is -0.111. The highest BCUT2D eigenvalue weighted by atomic mass is 16.5. The molecule has 30 heavy (non-hydrogen) atoms. The number of pyridine rings is 1. The first-order chi connectivity index (χ1) is 14.6. The zero-order chi connectivity index (χ0) is 21.3. The number of nitrogens with zero attached hydrogens (tertiary/aromatic N) is 1. The largest absolute Gasteiger partial charge is 0.493 e. The van der Waals surface area contributed by atoms with Gasteiger partial charge in [0.15, 0.2) is 11.5 Å². The number of carbonyl (C=O) groups excluding carboxylic acids is 1. The van der Waals surface area contributed by atoms with Crippen LogP contribution in [-0.4, -0.2) is 29.1 Å². The van der Waals surface area contributed by atoms with E-state index < -0.39 is 11.9 Å². The molecule has 0 atom stereocenters. The number of aromatic carboxylic acids is 1. The molecule has 2 N–H and O–H groups in total. The molecule has 0 saturated carbocycles. The van der Waals surface area contributed by atoms with Gasteiger partial charge in [0.1, 0.15) is 6.61 Å². The Labute approximate surface area is 173 Å². The molecule has 3 rings (SSSR count). The Balaban J connectivity index is 1.70. The monoisotopic (exact) mass is 404 g/mol. The zero-order valence-corrected chi connectivity index (χ0v) is 16.2. The number of carbonyl (C=O) groups is 2. The maximum absolute atomic E-state index is 12.2. The van der Waals surface area contributed by atoms with Crippen LogP contribution in [0.3, 0.4) is 0 Å². The fourth-order valence-corrected chi connectivity index (χ4v) is 2.68. The van der Waals surface area contributed by atoms with Crippen LogP contribution in [0.15, 0.2) is 73.1 Å². The third kappa shape index (κ3) is 5.45. The number of hydrogen-bond donors (Lipinski definition) is 2. The van der Waals surface area contributed by atoms with Gasteiger partial charge in [-0.3, -0.25) is 9.78 Å². The number of hydrogen-bond acceptors (Lipinski definition) is 5. The maximum Gasteiger partial charge on any atom is 0.337 e. The van der Waals surface area contributed by atoms with E-state index in [1.165, 1.54) is 18.2 Å². The summed E-state index contributed by atoms with van der Waals surface area (Å²) in [6.45, 7) is 0.323. The minimum atomic E-state index is -1.11. The Kier molecular flexibility index (Phi) is 6.78. The highest BCUT2D eigenvalue weighted by molar-refractivity contribution is 6.06. The Morgan fingerprint density at radius 3 is 2.67 bits per heavy atom. The van der Waals surface area contributed by atoms with Crippen molar-refractivity contribution in [1.29, 1.82) is 0 Å². The van der Waals surface area contributed by atoms with Gasteiger partial charge in [0.05, 0.1) is 18.4 Å². The molecule has 0 fully saturated rings. The molecule has 3 aromatic rings. The van der Waals surface area contributed by atoms with E-state index in [1.807, 2.05) is 12.1 Å². The van der Waals surface area contributed by atoms with Crippen LogP contribution in [0.25, 0.3) is 6.08 Å². The number of ether oxygens (including phenoxy) is 2. The summed E-state index contributed by atoms with van der Waals surface area (Å²) in [5, 5.41) is 11.8. The number of para-hydroxylation sites is 1. The van der Waals surface area contributed by atoms with E-state index in [1.54, 1.807) is 55.9 Å². The molecule has 0 aliphatic rings. The number of amides is 1. The summed E-state index contributed by atoms with van der Waals surface area (Å²) in [4.78, 5) is 27.5. The van der Waals surface area contributed by atoms with Crippen LogP contribution in [0.4, 0.5) is 5.69 Å². The van der Waals surface area contributed by atoms with Crippen LogP contribution < -0.4 is 14.8 Å². The average molecular weight is 404 g/mol. The minimum Gasteiger partial charge on any atom is -0.493 e. The molecular formula is C23H20N2O5. The van der Waals surface area contributed by atoms with Crippen LogP contribution in [-0.2, 0) is 11.4 Å². The second-order valence-electron chi connectivity index (χ2n) is 6.23. The van der Waals surface area contributed by atoms with Gasteiger partial charge in [-0.1, -0.05) is 24.3 Å². The van der Waals surface area contributed by atoms with E-state index in [0.717, 1.165) is 11.1 Å². The van der Waals surface area contributed by atoms with Crippen LogP contribution in [0.5, 0.6) is 11.5 Å². The van der Waals surface area contributed by atoms with Gasteiger partial charge in [-0.2, -0.15) is 0 Å². The van der Waals surface area contributed by atoms with Crippen LogP contribution >= 0.6 is 0 Å². The van der Waals surface area contributed by atoms with Crippen molar-refractivity contribution >= 4 is 23.6 Å². The molecule has 1 amide bonds. The van der Waals surface area contributed by atoms with Crippen LogP contribution in [0, 0.1) is 0 Å². The van der Waals surface area contributed by atoms with Gasteiger partial charge >= 0.3 is 5.97 Å². The molecule has 0 unspecified atom stereocenters. The first-order valence-electron chi connectivity index (χ1n) is 9.08. The molecule has 0 bridgehead atoms. The number of methoxy groups -OCH3 is 1. The Bertz CT molecular complexity index is 1060. The van der Waals surface area contributed by atoms with Gasteiger partial charge in [-0.25, -0.2) is 4.79 Å². The van der Waals surface area contributed by atoms with Gasteiger partial charge in [0.2, 0.25) is 5.91 Å². The second kappa shape index (κ2) is 9.88. The maximum atomic E-state index is 12.2. The van der Waals surface area contributed by atoms with Gasteiger partial charge < -0.3 is 19.9 Å². The third-order valence-corrected chi connectivity index (χ3v) is 4.15. The summed E-state index contributed by atoms with van der Waals surface area (Å²) in [7, 11) is 1.55. The van der Waals surface area contributed by atoms with Crippen molar-refractivity contribution in [3.05, 3.63) is 89.8 Å². The molecule has 2 aromatic carbocycles. The standard InChI is InChI=1S/C23H20N2O5/c1-29-20-10-8-16(13-21(20)30-15-17-5-4-12-24-14-17)9-11-22(26)25-19-7-3-2-6-18(19)23(27)28/h2-14H,15H2,1H3,(H,25,26)(H,27,28)/b11-9+. The highest BCUT2D eigenvalue weighted by Gasteiger charge is 2.10. The minimum absolute atomic E-state index is 0.0229. The van der Waals surface area contributed by atoms with Crippen molar-refractivity contribution < 1.29 is 24.2 Å². The van der Waals surface area contributed by atoms with Crippen molar-refractivity contribution in [1.82, 2.24) is 4.98 Å². The molecule has 0 saturated heterocycles. The van der Waals surface area contributed by atoms with E-state index in [0.29, 0.717) is 18.1 Å². The van der Waals surface area contributed by atoms with E-state index in [2.05, 4.69) is 10.3 Å². The fourth-order valence-electron chi connectivity index (χ4n) is 2.68. The van der Waals surface area contributed by atoms with Crippen LogP contribution in [0.1, 0.15) is 21.5 Å². The number of carboxylic acids is 1. The third-order valence-electron chi connectivity index (χ3n) is 4.15. The summed E-state index contributed by atoms with van der Waals surface area (Å²) in [6.07, 6.45) is 6.34. The smallest absolute Gasteiger partial charge is 0.337 e. The predicted octanol–water partition coefficient (Wildman–Crippen LogP) is 4.02. The Hall–Kier alpha value is -4.13.